The Morgan fingerprint density at radius 1 is 1.17 bits per heavy atom. The van der Waals surface area contributed by atoms with Gasteiger partial charge in [-0.25, -0.2) is 0 Å². The fraction of sp³-hybridized carbons (Fsp3) is 0.762. The van der Waals surface area contributed by atoms with Gasteiger partial charge in [-0.05, 0) is 64.2 Å². The summed E-state index contributed by atoms with van der Waals surface area (Å²) in [6.07, 6.45) is 16.8. The zero-order valence-electron chi connectivity index (χ0n) is 15.4. The molecule has 0 aromatic carbocycles. The van der Waals surface area contributed by atoms with E-state index in [0.717, 1.165) is 32.1 Å². The Labute approximate surface area is 147 Å². The molecule has 1 aliphatic heterocycles. The van der Waals surface area contributed by atoms with E-state index in [0.29, 0.717) is 12.0 Å². The van der Waals surface area contributed by atoms with Crippen molar-refractivity contribution in [1.82, 2.24) is 5.32 Å². The lowest BCUT2D eigenvalue weighted by molar-refractivity contribution is -0.155. The summed E-state index contributed by atoms with van der Waals surface area (Å²) in [6, 6.07) is 0.598. The predicted octanol–water partition coefficient (Wildman–Crippen LogP) is 4.92. The molecule has 0 radical (unpaired) electrons. The molecule has 0 bridgehead atoms. The van der Waals surface area contributed by atoms with Crippen LogP contribution in [0.3, 0.4) is 0 Å². The molecule has 0 amide bonds. The standard InChI is InChI=1S/C21H35NO2/c1-4-6-8-11-18-12-9-15-21(22-18)16-10-14-20(24-17(3)23)19(21)13-7-5-2/h4-5,18-20,22H,1-2,6-16H2,3H3. The molecule has 4 atom stereocenters. The molecule has 1 spiro atoms. The van der Waals surface area contributed by atoms with Gasteiger partial charge in [0.2, 0.25) is 0 Å². The van der Waals surface area contributed by atoms with Crippen molar-refractivity contribution in [2.45, 2.75) is 95.2 Å². The van der Waals surface area contributed by atoms with Crippen LogP contribution in [0, 0.1) is 5.92 Å². The van der Waals surface area contributed by atoms with Crippen LogP contribution in [0.2, 0.25) is 0 Å². The molecular weight excluding hydrogens is 298 g/mol. The van der Waals surface area contributed by atoms with Crippen molar-refractivity contribution in [3.8, 4) is 0 Å². The third-order valence-electron chi connectivity index (χ3n) is 5.90. The maximum absolute atomic E-state index is 11.6. The topological polar surface area (TPSA) is 38.3 Å². The SMILES string of the molecule is C=CCCCC1CCCC2(CCCC(OC(C)=O)C2CCC=C)N1. The number of esters is 1. The van der Waals surface area contributed by atoms with E-state index in [1.54, 1.807) is 0 Å². The van der Waals surface area contributed by atoms with Crippen LogP contribution >= 0.6 is 0 Å². The molecule has 2 rings (SSSR count). The summed E-state index contributed by atoms with van der Waals surface area (Å²) in [5.74, 6) is 0.273. The Morgan fingerprint density at radius 2 is 1.88 bits per heavy atom. The van der Waals surface area contributed by atoms with Gasteiger partial charge in [0, 0.05) is 24.4 Å². The van der Waals surface area contributed by atoms with E-state index in [9.17, 15) is 4.79 Å². The first-order valence-electron chi connectivity index (χ1n) is 9.78. The zero-order valence-corrected chi connectivity index (χ0v) is 15.4. The predicted molar refractivity (Wildman–Crippen MR) is 99.9 cm³/mol. The molecule has 2 aliphatic rings. The molecule has 1 saturated carbocycles. The molecule has 2 fully saturated rings. The van der Waals surface area contributed by atoms with Crippen LogP contribution in [0.4, 0.5) is 0 Å². The fourth-order valence-electron chi connectivity index (χ4n) is 4.90. The number of carbonyl (C=O) groups excluding carboxylic acids is 1. The van der Waals surface area contributed by atoms with E-state index in [2.05, 4.69) is 18.5 Å². The minimum Gasteiger partial charge on any atom is -0.462 e. The van der Waals surface area contributed by atoms with E-state index in [4.69, 9.17) is 4.74 Å². The Morgan fingerprint density at radius 3 is 2.54 bits per heavy atom. The third kappa shape index (κ3) is 4.95. The maximum Gasteiger partial charge on any atom is 0.302 e. The first-order chi connectivity index (χ1) is 11.6. The Balaban J connectivity index is 2.10. The second kappa shape index (κ2) is 9.41. The zero-order chi connectivity index (χ0) is 17.4. The summed E-state index contributed by atoms with van der Waals surface area (Å²) in [7, 11) is 0. The first kappa shape index (κ1) is 19.2. The largest absolute Gasteiger partial charge is 0.462 e. The average Bonchev–Trinajstić information content (AvgIpc) is 2.54. The second-order valence-corrected chi connectivity index (χ2v) is 7.62. The van der Waals surface area contributed by atoms with E-state index < -0.39 is 0 Å². The summed E-state index contributed by atoms with van der Waals surface area (Å²) >= 11 is 0. The van der Waals surface area contributed by atoms with Crippen molar-refractivity contribution in [2.75, 3.05) is 0 Å². The molecule has 0 aromatic heterocycles. The van der Waals surface area contributed by atoms with Crippen LogP contribution < -0.4 is 5.32 Å². The Hall–Kier alpha value is -1.09. The van der Waals surface area contributed by atoms with E-state index in [-0.39, 0.29) is 17.6 Å². The summed E-state index contributed by atoms with van der Waals surface area (Å²) < 4.78 is 5.74. The quantitative estimate of drug-likeness (QED) is 0.389. The Bertz CT molecular complexity index is 430. The van der Waals surface area contributed by atoms with Crippen molar-refractivity contribution in [3.63, 3.8) is 0 Å². The molecule has 4 unspecified atom stereocenters. The molecule has 136 valence electrons. The van der Waals surface area contributed by atoms with E-state index >= 15 is 0 Å². The first-order valence-corrected chi connectivity index (χ1v) is 9.78. The average molecular weight is 334 g/mol. The molecule has 0 aromatic rings. The highest BCUT2D eigenvalue weighted by atomic mass is 16.5. The van der Waals surface area contributed by atoms with E-state index in [1.165, 1.54) is 45.4 Å². The minimum atomic E-state index is -0.140. The van der Waals surface area contributed by atoms with Crippen LogP contribution in [0.1, 0.15) is 77.6 Å². The number of piperidine rings is 1. The number of hydrogen-bond donors (Lipinski definition) is 1. The van der Waals surface area contributed by atoms with Crippen LogP contribution in [-0.4, -0.2) is 23.7 Å². The van der Waals surface area contributed by atoms with Gasteiger partial charge in [-0.15, -0.1) is 13.2 Å². The molecule has 3 heteroatoms. The number of ether oxygens (including phenoxy) is 1. The second-order valence-electron chi connectivity index (χ2n) is 7.62. The van der Waals surface area contributed by atoms with Gasteiger partial charge < -0.3 is 10.1 Å². The highest BCUT2D eigenvalue weighted by Crippen LogP contribution is 2.44. The smallest absolute Gasteiger partial charge is 0.302 e. The molecule has 1 N–H and O–H groups in total. The molecular formula is C21H35NO2. The van der Waals surface area contributed by atoms with Crippen molar-refractivity contribution < 1.29 is 9.53 Å². The van der Waals surface area contributed by atoms with Crippen molar-refractivity contribution in [3.05, 3.63) is 25.3 Å². The summed E-state index contributed by atoms with van der Waals surface area (Å²) in [5, 5.41) is 4.03. The van der Waals surface area contributed by atoms with Gasteiger partial charge in [-0.2, -0.15) is 0 Å². The minimum absolute atomic E-state index is 0.0654. The monoisotopic (exact) mass is 333 g/mol. The van der Waals surface area contributed by atoms with E-state index in [1.807, 2.05) is 12.2 Å². The fourth-order valence-corrected chi connectivity index (χ4v) is 4.90. The number of carbonyl (C=O) groups is 1. The number of hydrogen-bond acceptors (Lipinski definition) is 3. The van der Waals surface area contributed by atoms with Crippen LogP contribution in [0.25, 0.3) is 0 Å². The number of nitrogens with one attached hydrogen (secondary N) is 1. The van der Waals surface area contributed by atoms with Gasteiger partial charge in [0.15, 0.2) is 0 Å². The van der Waals surface area contributed by atoms with Crippen molar-refractivity contribution in [2.24, 2.45) is 5.92 Å². The highest BCUT2D eigenvalue weighted by molar-refractivity contribution is 5.66. The van der Waals surface area contributed by atoms with Crippen LogP contribution in [-0.2, 0) is 9.53 Å². The number of rotatable bonds is 8. The summed E-state index contributed by atoms with van der Waals surface area (Å²) in [6.45, 7) is 9.26. The third-order valence-corrected chi connectivity index (χ3v) is 5.90. The lowest BCUT2D eigenvalue weighted by Gasteiger charge is -2.52. The van der Waals surface area contributed by atoms with Gasteiger partial charge in [0.05, 0.1) is 0 Å². The highest BCUT2D eigenvalue weighted by Gasteiger charge is 2.48. The van der Waals surface area contributed by atoms with Crippen LogP contribution in [0.15, 0.2) is 25.3 Å². The molecule has 1 heterocycles. The Kier molecular flexibility index (Phi) is 7.54. The van der Waals surface area contributed by atoms with Crippen molar-refractivity contribution >= 4 is 5.97 Å². The van der Waals surface area contributed by atoms with Gasteiger partial charge in [0.25, 0.3) is 0 Å². The van der Waals surface area contributed by atoms with Gasteiger partial charge >= 0.3 is 5.97 Å². The lowest BCUT2D eigenvalue weighted by atomic mass is 9.64. The normalized spacial score (nSPS) is 33.1. The van der Waals surface area contributed by atoms with Gasteiger partial charge in [0.1, 0.15) is 6.10 Å². The molecule has 3 nitrogen and oxygen atoms in total. The number of unbranched alkanes of at least 4 members (excludes halogenated alkanes) is 1. The van der Waals surface area contributed by atoms with Gasteiger partial charge in [-0.1, -0.05) is 18.6 Å². The molecule has 24 heavy (non-hydrogen) atoms. The van der Waals surface area contributed by atoms with Gasteiger partial charge in [-0.3, -0.25) is 4.79 Å². The lowest BCUT2D eigenvalue weighted by Crippen LogP contribution is -2.62. The molecule has 1 saturated heterocycles. The van der Waals surface area contributed by atoms with Crippen LogP contribution in [0.5, 0.6) is 0 Å². The number of allylic oxidation sites excluding steroid dienone is 2. The summed E-state index contributed by atoms with van der Waals surface area (Å²) in [4.78, 5) is 11.6. The maximum atomic E-state index is 11.6. The summed E-state index contributed by atoms with van der Waals surface area (Å²) in [5.41, 5.74) is 0.151. The molecule has 1 aliphatic carbocycles. The van der Waals surface area contributed by atoms with Crippen molar-refractivity contribution in [1.29, 1.82) is 0 Å².